The third-order valence-corrected chi connectivity index (χ3v) is 3.30. The van der Waals surface area contributed by atoms with Crippen LogP contribution in [-0.2, 0) is 9.53 Å². The smallest absolute Gasteiger partial charge is 0.377 e. The molecule has 0 saturated carbocycles. The monoisotopic (exact) mass is 285 g/mol. The summed E-state index contributed by atoms with van der Waals surface area (Å²) in [5.74, 6) is -4.06. The third kappa shape index (κ3) is 3.25. The maximum atomic E-state index is 13.0. The van der Waals surface area contributed by atoms with Crippen LogP contribution in [-0.4, -0.2) is 31.7 Å². The van der Waals surface area contributed by atoms with Gasteiger partial charge in [0, 0.05) is 12.6 Å². The highest BCUT2D eigenvalue weighted by Crippen LogP contribution is 2.30. The van der Waals surface area contributed by atoms with Gasteiger partial charge in [0.25, 0.3) is 0 Å². The first-order chi connectivity index (χ1) is 9.42. The number of carbonyl (C=O) groups is 1. The molecule has 1 saturated heterocycles. The van der Waals surface area contributed by atoms with Crippen molar-refractivity contribution >= 4 is 5.97 Å². The van der Waals surface area contributed by atoms with Gasteiger partial charge in [0.05, 0.1) is 13.5 Å². The van der Waals surface area contributed by atoms with Gasteiger partial charge in [-0.3, -0.25) is 0 Å². The van der Waals surface area contributed by atoms with Gasteiger partial charge in [-0.15, -0.1) is 0 Å². The number of nitrogens with one attached hydrogen (secondary N) is 1. The van der Waals surface area contributed by atoms with Crippen LogP contribution in [0.4, 0.5) is 8.78 Å². The fraction of sp³-hybridized carbons (Fsp3) is 0.500. The van der Waals surface area contributed by atoms with Crippen LogP contribution in [0.25, 0.3) is 0 Å². The number of carbonyl (C=O) groups excluding carboxylic acids is 1. The van der Waals surface area contributed by atoms with Crippen molar-refractivity contribution in [3.05, 3.63) is 29.8 Å². The molecule has 1 fully saturated rings. The molecule has 0 radical (unpaired) electrons. The van der Waals surface area contributed by atoms with Crippen LogP contribution in [0.15, 0.2) is 24.3 Å². The molecule has 1 heterocycles. The van der Waals surface area contributed by atoms with E-state index in [1.807, 2.05) is 31.2 Å². The largest absolute Gasteiger partial charge is 0.497 e. The second kappa shape index (κ2) is 5.75. The van der Waals surface area contributed by atoms with Crippen molar-refractivity contribution in [3.63, 3.8) is 0 Å². The van der Waals surface area contributed by atoms with Crippen molar-refractivity contribution in [1.29, 1.82) is 0 Å². The number of alkyl halides is 2. The van der Waals surface area contributed by atoms with E-state index >= 15 is 0 Å². The number of benzene rings is 1. The minimum absolute atomic E-state index is 0.0574. The number of hydrogen-bond donors (Lipinski definition) is 1. The Morgan fingerprint density at radius 3 is 2.90 bits per heavy atom. The van der Waals surface area contributed by atoms with Crippen molar-refractivity contribution in [2.75, 3.05) is 13.7 Å². The molecule has 2 rings (SSSR count). The number of methoxy groups -OCH3 is 1. The third-order valence-electron chi connectivity index (χ3n) is 3.30. The van der Waals surface area contributed by atoms with E-state index in [4.69, 9.17) is 4.74 Å². The summed E-state index contributed by atoms with van der Waals surface area (Å²) in [5.41, 5.74) is 0.973. The van der Waals surface area contributed by atoms with Gasteiger partial charge < -0.3 is 14.8 Å². The van der Waals surface area contributed by atoms with Gasteiger partial charge >= 0.3 is 11.9 Å². The molecule has 1 N–H and O–H groups in total. The summed E-state index contributed by atoms with van der Waals surface area (Å²) >= 11 is 0. The highest BCUT2D eigenvalue weighted by Gasteiger charge is 2.50. The van der Waals surface area contributed by atoms with Crippen LogP contribution >= 0.6 is 0 Å². The van der Waals surface area contributed by atoms with Crippen LogP contribution in [0.3, 0.4) is 0 Å². The van der Waals surface area contributed by atoms with Gasteiger partial charge in [0.2, 0.25) is 0 Å². The molecule has 0 aromatic heterocycles. The zero-order valence-corrected chi connectivity index (χ0v) is 11.4. The Kier molecular flexibility index (Phi) is 4.23. The van der Waals surface area contributed by atoms with Crippen molar-refractivity contribution < 1.29 is 23.0 Å². The molecule has 1 aliphatic rings. The average Bonchev–Trinajstić information content (AvgIpc) is 2.69. The number of halogens is 2. The first-order valence-corrected chi connectivity index (χ1v) is 6.38. The Morgan fingerprint density at radius 1 is 1.55 bits per heavy atom. The van der Waals surface area contributed by atoms with Crippen LogP contribution < -0.4 is 10.1 Å². The van der Waals surface area contributed by atoms with Crippen LogP contribution in [0.1, 0.15) is 24.9 Å². The van der Waals surface area contributed by atoms with E-state index in [0.717, 1.165) is 11.3 Å². The highest BCUT2D eigenvalue weighted by atomic mass is 19.3. The minimum atomic E-state index is -3.36. The number of cyclic esters (lactones) is 1. The van der Waals surface area contributed by atoms with E-state index < -0.39 is 24.4 Å². The predicted molar refractivity (Wildman–Crippen MR) is 68.9 cm³/mol. The minimum Gasteiger partial charge on any atom is -0.497 e. The summed E-state index contributed by atoms with van der Waals surface area (Å²) in [6.45, 7) is 2.10. The topological polar surface area (TPSA) is 47.6 Å². The van der Waals surface area contributed by atoms with Crippen molar-refractivity contribution in [2.45, 2.75) is 31.4 Å². The van der Waals surface area contributed by atoms with E-state index in [2.05, 4.69) is 10.1 Å². The fourth-order valence-corrected chi connectivity index (χ4v) is 2.10. The Labute approximate surface area is 116 Å². The molecule has 4 nitrogen and oxygen atoms in total. The normalized spacial score (nSPS) is 22.4. The standard InChI is InChI=1S/C14H17F2NO3/c1-9(10-4-3-5-11(6-10)19-2)17-8-12-7-14(15,16)13(18)20-12/h3-6,9,12,17H,7-8H2,1-2H3/t9-,12?/m0/s1. The first kappa shape index (κ1) is 14.7. The molecule has 1 aromatic rings. The molecule has 1 unspecified atom stereocenters. The van der Waals surface area contributed by atoms with Gasteiger partial charge in [0.15, 0.2) is 0 Å². The molecule has 1 aromatic carbocycles. The lowest BCUT2D eigenvalue weighted by atomic mass is 10.1. The molecule has 0 amide bonds. The van der Waals surface area contributed by atoms with Crippen LogP contribution in [0.5, 0.6) is 5.75 Å². The summed E-state index contributed by atoms with van der Waals surface area (Å²) in [6, 6.07) is 7.41. The fourth-order valence-electron chi connectivity index (χ4n) is 2.10. The molecular weight excluding hydrogens is 268 g/mol. The summed E-state index contributed by atoms with van der Waals surface area (Å²) in [5, 5.41) is 3.08. The van der Waals surface area contributed by atoms with Crippen molar-refractivity contribution in [1.82, 2.24) is 5.32 Å². The summed E-state index contributed by atoms with van der Waals surface area (Å²) in [6.07, 6.45) is -1.35. The molecule has 110 valence electrons. The lowest BCUT2D eigenvalue weighted by Crippen LogP contribution is -2.29. The lowest BCUT2D eigenvalue weighted by Gasteiger charge is -2.17. The first-order valence-electron chi connectivity index (χ1n) is 6.38. The van der Waals surface area contributed by atoms with Gasteiger partial charge in [0.1, 0.15) is 11.9 Å². The van der Waals surface area contributed by atoms with E-state index in [1.54, 1.807) is 7.11 Å². The van der Waals surface area contributed by atoms with Crippen LogP contribution in [0, 0.1) is 0 Å². The molecule has 2 atom stereocenters. The zero-order chi connectivity index (χ0) is 14.8. The number of esters is 1. The van der Waals surface area contributed by atoms with Gasteiger partial charge in [-0.1, -0.05) is 12.1 Å². The van der Waals surface area contributed by atoms with Crippen molar-refractivity contribution in [2.24, 2.45) is 0 Å². The average molecular weight is 285 g/mol. The summed E-state index contributed by atoms with van der Waals surface area (Å²) < 4.78 is 35.8. The molecular formula is C14H17F2NO3. The van der Waals surface area contributed by atoms with E-state index in [0.29, 0.717) is 0 Å². The number of rotatable bonds is 5. The Morgan fingerprint density at radius 2 is 2.30 bits per heavy atom. The molecule has 6 heteroatoms. The van der Waals surface area contributed by atoms with Gasteiger partial charge in [-0.05, 0) is 24.6 Å². The maximum absolute atomic E-state index is 13.0. The lowest BCUT2D eigenvalue weighted by molar-refractivity contribution is -0.159. The second-order valence-corrected chi connectivity index (χ2v) is 4.84. The Bertz CT molecular complexity index is 493. The predicted octanol–water partition coefficient (Wildman–Crippen LogP) is 2.30. The Hall–Kier alpha value is -1.69. The van der Waals surface area contributed by atoms with Gasteiger partial charge in [-0.25, -0.2) is 4.79 Å². The summed E-state index contributed by atoms with van der Waals surface area (Å²) in [4.78, 5) is 10.9. The zero-order valence-electron chi connectivity index (χ0n) is 11.4. The van der Waals surface area contributed by atoms with Crippen LogP contribution in [0.2, 0.25) is 0 Å². The van der Waals surface area contributed by atoms with Crippen molar-refractivity contribution in [3.8, 4) is 5.75 Å². The molecule has 0 spiro atoms. The SMILES string of the molecule is COc1cccc([C@H](C)NCC2CC(F)(F)C(=O)O2)c1. The Balaban J connectivity index is 1.89. The maximum Gasteiger partial charge on any atom is 0.377 e. The molecule has 20 heavy (non-hydrogen) atoms. The second-order valence-electron chi connectivity index (χ2n) is 4.84. The highest BCUT2D eigenvalue weighted by molar-refractivity contribution is 5.79. The number of ether oxygens (including phenoxy) is 2. The van der Waals surface area contributed by atoms with E-state index in [9.17, 15) is 13.6 Å². The van der Waals surface area contributed by atoms with E-state index in [1.165, 1.54) is 0 Å². The van der Waals surface area contributed by atoms with Gasteiger partial charge in [-0.2, -0.15) is 8.78 Å². The molecule has 0 aliphatic carbocycles. The summed E-state index contributed by atoms with van der Waals surface area (Å²) in [7, 11) is 1.58. The molecule has 1 aliphatic heterocycles. The van der Waals surface area contributed by atoms with E-state index in [-0.39, 0.29) is 12.6 Å². The number of hydrogen-bond acceptors (Lipinski definition) is 4. The quantitative estimate of drug-likeness (QED) is 0.843. The molecule has 0 bridgehead atoms.